The van der Waals surface area contributed by atoms with Crippen molar-refractivity contribution in [2.24, 2.45) is 0 Å². The summed E-state index contributed by atoms with van der Waals surface area (Å²) in [6.45, 7) is 1.72. The van der Waals surface area contributed by atoms with Crippen molar-refractivity contribution in [1.82, 2.24) is 0 Å². The van der Waals surface area contributed by atoms with Gasteiger partial charge < -0.3 is 9.47 Å². The molecule has 0 amide bonds. The van der Waals surface area contributed by atoms with Crippen LogP contribution in [0.2, 0.25) is 0 Å². The first-order chi connectivity index (χ1) is 9.56. The van der Waals surface area contributed by atoms with Gasteiger partial charge in [-0.3, -0.25) is 0 Å². The Morgan fingerprint density at radius 2 is 1.55 bits per heavy atom. The normalized spacial score (nSPS) is 12.1. The Hall–Kier alpha value is -1.74. The van der Waals surface area contributed by atoms with Crippen molar-refractivity contribution in [3.63, 3.8) is 0 Å². The molecule has 106 valence electrons. The van der Waals surface area contributed by atoms with E-state index in [2.05, 4.69) is 0 Å². The van der Waals surface area contributed by atoms with Crippen molar-refractivity contribution in [1.29, 1.82) is 0 Å². The van der Waals surface area contributed by atoms with Crippen LogP contribution in [-0.2, 0) is 0 Å². The van der Waals surface area contributed by atoms with Crippen LogP contribution in [0.3, 0.4) is 0 Å². The SMILES string of the molecule is COc1ccc(C(Cl)c2ccc(F)c(C)c2)cc1OC. The van der Waals surface area contributed by atoms with Crippen molar-refractivity contribution in [3.8, 4) is 11.5 Å². The molecular weight excluding hydrogens is 279 g/mol. The van der Waals surface area contributed by atoms with Gasteiger partial charge in [-0.1, -0.05) is 18.2 Å². The molecule has 0 aliphatic heterocycles. The molecule has 0 saturated carbocycles. The van der Waals surface area contributed by atoms with Gasteiger partial charge in [0.1, 0.15) is 5.82 Å². The largest absolute Gasteiger partial charge is 0.493 e. The predicted molar refractivity (Wildman–Crippen MR) is 78.4 cm³/mol. The second-order valence-corrected chi connectivity index (χ2v) is 4.92. The van der Waals surface area contributed by atoms with Gasteiger partial charge in [-0.15, -0.1) is 11.6 Å². The summed E-state index contributed by atoms with van der Waals surface area (Å²) in [6, 6.07) is 10.4. The fourth-order valence-electron chi connectivity index (χ4n) is 2.03. The van der Waals surface area contributed by atoms with Crippen LogP contribution in [0.4, 0.5) is 4.39 Å². The van der Waals surface area contributed by atoms with Gasteiger partial charge in [0, 0.05) is 0 Å². The molecule has 0 N–H and O–H groups in total. The lowest BCUT2D eigenvalue weighted by atomic mass is 10.0. The van der Waals surface area contributed by atoms with E-state index in [1.54, 1.807) is 39.3 Å². The minimum absolute atomic E-state index is 0.232. The average Bonchev–Trinajstić information content (AvgIpc) is 2.48. The zero-order valence-electron chi connectivity index (χ0n) is 11.6. The van der Waals surface area contributed by atoms with Crippen LogP contribution in [0, 0.1) is 12.7 Å². The van der Waals surface area contributed by atoms with Crippen LogP contribution < -0.4 is 9.47 Å². The number of aryl methyl sites for hydroxylation is 1. The molecule has 20 heavy (non-hydrogen) atoms. The number of hydrogen-bond acceptors (Lipinski definition) is 2. The number of benzene rings is 2. The first kappa shape index (κ1) is 14.7. The summed E-state index contributed by atoms with van der Waals surface area (Å²) in [5, 5.41) is -0.367. The summed E-state index contributed by atoms with van der Waals surface area (Å²) in [6.07, 6.45) is 0. The molecule has 0 aliphatic rings. The summed E-state index contributed by atoms with van der Waals surface area (Å²) in [4.78, 5) is 0. The Balaban J connectivity index is 2.37. The minimum atomic E-state index is -0.367. The van der Waals surface area contributed by atoms with Crippen LogP contribution in [0.1, 0.15) is 22.1 Å². The minimum Gasteiger partial charge on any atom is -0.493 e. The predicted octanol–water partition coefficient (Wildman–Crippen LogP) is 4.48. The third kappa shape index (κ3) is 2.88. The van der Waals surface area contributed by atoms with Gasteiger partial charge in [0.25, 0.3) is 0 Å². The lowest BCUT2D eigenvalue weighted by molar-refractivity contribution is 0.354. The van der Waals surface area contributed by atoms with Gasteiger partial charge in [0.15, 0.2) is 11.5 Å². The average molecular weight is 295 g/mol. The van der Waals surface area contributed by atoms with E-state index in [4.69, 9.17) is 21.1 Å². The van der Waals surface area contributed by atoms with Crippen LogP contribution >= 0.6 is 11.6 Å². The van der Waals surface area contributed by atoms with E-state index in [1.807, 2.05) is 12.1 Å². The molecule has 1 atom stereocenters. The van der Waals surface area contributed by atoms with Crippen molar-refractivity contribution in [3.05, 3.63) is 58.9 Å². The third-order valence-electron chi connectivity index (χ3n) is 3.17. The number of rotatable bonds is 4. The van der Waals surface area contributed by atoms with Gasteiger partial charge in [-0.2, -0.15) is 0 Å². The van der Waals surface area contributed by atoms with E-state index in [1.165, 1.54) is 6.07 Å². The molecule has 4 heteroatoms. The highest BCUT2D eigenvalue weighted by molar-refractivity contribution is 6.22. The maximum atomic E-state index is 13.3. The van der Waals surface area contributed by atoms with Gasteiger partial charge in [0.2, 0.25) is 0 Å². The standard InChI is InChI=1S/C16H16ClFO2/c1-10-8-11(4-6-13(10)18)16(17)12-5-7-14(19-2)15(9-12)20-3/h4-9,16H,1-3H3. The molecule has 0 fully saturated rings. The Morgan fingerprint density at radius 3 is 2.15 bits per heavy atom. The fraction of sp³-hybridized carbons (Fsp3) is 0.250. The molecule has 2 rings (SSSR count). The quantitative estimate of drug-likeness (QED) is 0.774. The highest BCUT2D eigenvalue weighted by atomic mass is 35.5. The third-order valence-corrected chi connectivity index (χ3v) is 3.68. The summed E-state index contributed by atoms with van der Waals surface area (Å²) in [5.74, 6) is 1.04. The number of methoxy groups -OCH3 is 2. The summed E-state index contributed by atoms with van der Waals surface area (Å²) >= 11 is 6.46. The first-order valence-corrected chi connectivity index (χ1v) is 6.62. The van der Waals surface area contributed by atoms with E-state index >= 15 is 0 Å². The summed E-state index contributed by atoms with van der Waals surface area (Å²) in [7, 11) is 3.16. The van der Waals surface area contributed by atoms with Crippen LogP contribution in [-0.4, -0.2) is 14.2 Å². The zero-order valence-corrected chi connectivity index (χ0v) is 12.4. The van der Waals surface area contributed by atoms with Gasteiger partial charge in [0.05, 0.1) is 19.6 Å². The monoisotopic (exact) mass is 294 g/mol. The second-order valence-electron chi connectivity index (χ2n) is 4.49. The Bertz CT molecular complexity index is 613. The Morgan fingerprint density at radius 1 is 0.950 bits per heavy atom. The maximum absolute atomic E-state index is 13.3. The van der Waals surface area contributed by atoms with E-state index < -0.39 is 0 Å². The number of hydrogen-bond donors (Lipinski definition) is 0. The van der Waals surface area contributed by atoms with Gasteiger partial charge in [-0.25, -0.2) is 4.39 Å². The lowest BCUT2D eigenvalue weighted by Crippen LogP contribution is -1.97. The second kappa shape index (κ2) is 6.14. The van der Waals surface area contributed by atoms with Gasteiger partial charge >= 0.3 is 0 Å². The number of halogens is 2. The highest BCUT2D eigenvalue weighted by Gasteiger charge is 2.14. The van der Waals surface area contributed by atoms with E-state index in [-0.39, 0.29) is 11.2 Å². The number of ether oxygens (including phenoxy) is 2. The zero-order chi connectivity index (χ0) is 14.7. The van der Waals surface area contributed by atoms with Crippen LogP contribution in [0.25, 0.3) is 0 Å². The van der Waals surface area contributed by atoms with Crippen molar-refractivity contribution < 1.29 is 13.9 Å². The molecule has 0 aliphatic carbocycles. The molecular formula is C16H16ClFO2. The van der Waals surface area contributed by atoms with Crippen molar-refractivity contribution in [2.75, 3.05) is 14.2 Å². The Labute approximate surface area is 123 Å². The van der Waals surface area contributed by atoms with Crippen LogP contribution in [0.15, 0.2) is 36.4 Å². The molecule has 0 spiro atoms. The molecule has 2 aromatic rings. The topological polar surface area (TPSA) is 18.5 Å². The van der Waals surface area contributed by atoms with Crippen molar-refractivity contribution in [2.45, 2.75) is 12.3 Å². The molecule has 2 nitrogen and oxygen atoms in total. The summed E-state index contributed by atoms with van der Waals surface area (Å²) in [5.41, 5.74) is 2.29. The summed E-state index contributed by atoms with van der Waals surface area (Å²) < 4.78 is 23.8. The van der Waals surface area contributed by atoms with E-state index in [9.17, 15) is 4.39 Å². The van der Waals surface area contributed by atoms with E-state index in [0.29, 0.717) is 17.1 Å². The fourth-order valence-corrected chi connectivity index (χ4v) is 2.30. The number of alkyl halides is 1. The highest BCUT2D eigenvalue weighted by Crippen LogP contribution is 2.35. The van der Waals surface area contributed by atoms with Crippen molar-refractivity contribution >= 4 is 11.6 Å². The molecule has 0 aromatic heterocycles. The molecule has 0 radical (unpaired) electrons. The maximum Gasteiger partial charge on any atom is 0.161 e. The Kier molecular flexibility index (Phi) is 4.50. The lowest BCUT2D eigenvalue weighted by Gasteiger charge is -2.14. The molecule has 2 aromatic carbocycles. The molecule has 1 unspecified atom stereocenters. The van der Waals surface area contributed by atoms with E-state index in [0.717, 1.165) is 11.1 Å². The van der Waals surface area contributed by atoms with Gasteiger partial charge in [-0.05, 0) is 41.8 Å². The molecule has 0 heterocycles. The first-order valence-electron chi connectivity index (χ1n) is 6.19. The smallest absolute Gasteiger partial charge is 0.161 e. The molecule has 0 bridgehead atoms. The van der Waals surface area contributed by atoms with Crippen LogP contribution in [0.5, 0.6) is 11.5 Å². The molecule has 0 saturated heterocycles.